The lowest BCUT2D eigenvalue weighted by Crippen LogP contribution is -2.48. The molecule has 8 heteroatoms. The first-order valence-electron chi connectivity index (χ1n) is 12.0. The summed E-state index contributed by atoms with van der Waals surface area (Å²) >= 11 is 0. The van der Waals surface area contributed by atoms with E-state index in [0.717, 1.165) is 5.56 Å². The lowest BCUT2D eigenvalue weighted by atomic mass is 9.86. The second-order valence-corrected chi connectivity index (χ2v) is 9.42. The number of carbonyl (C=O) groups excluding carboxylic acids is 1. The van der Waals surface area contributed by atoms with Crippen molar-refractivity contribution in [2.24, 2.45) is 0 Å². The number of likely N-dealkylation sites (tertiary alicyclic amines) is 1. The summed E-state index contributed by atoms with van der Waals surface area (Å²) in [5.74, 6) is -0.970. The van der Waals surface area contributed by atoms with Crippen LogP contribution in [0.1, 0.15) is 40.9 Å². The molecular formula is C27H29F2N3O3. The number of hydrogen-bond acceptors (Lipinski definition) is 5. The number of rotatable bonds is 5. The van der Waals surface area contributed by atoms with Gasteiger partial charge >= 0.3 is 0 Å². The summed E-state index contributed by atoms with van der Waals surface area (Å²) in [6, 6.07) is 15.2. The Balaban J connectivity index is 1.37. The Hall–Kier alpha value is -2.94. The van der Waals surface area contributed by atoms with Crippen LogP contribution in [0.25, 0.3) is 10.9 Å². The molecule has 3 aromatic rings. The third kappa shape index (κ3) is 5.05. The Morgan fingerprint density at radius 2 is 1.94 bits per heavy atom. The number of nitrogens with zero attached hydrogens (tertiary/aromatic N) is 2. The van der Waals surface area contributed by atoms with Crippen LogP contribution in [0.2, 0.25) is 0 Å². The van der Waals surface area contributed by atoms with E-state index in [4.69, 9.17) is 4.74 Å². The maximum atomic E-state index is 15.6. The van der Waals surface area contributed by atoms with Crippen molar-refractivity contribution in [1.29, 1.82) is 0 Å². The molecule has 2 unspecified atom stereocenters. The Morgan fingerprint density at radius 3 is 2.69 bits per heavy atom. The lowest BCUT2D eigenvalue weighted by Gasteiger charge is -2.37. The molecule has 2 N–H and O–H groups in total. The van der Waals surface area contributed by atoms with E-state index in [0.29, 0.717) is 56.5 Å². The van der Waals surface area contributed by atoms with Crippen LogP contribution in [0.4, 0.5) is 8.78 Å². The smallest absolute Gasteiger partial charge is 0.270 e. The van der Waals surface area contributed by atoms with Crippen molar-refractivity contribution in [3.05, 3.63) is 77.2 Å². The second kappa shape index (κ2) is 9.97. The van der Waals surface area contributed by atoms with E-state index in [1.807, 2.05) is 30.3 Å². The van der Waals surface area contributed by atoms with Crippen LogP contribution in [-0.4, -0.2) is 59.3 Å². The molecule has 2 atom stereocenters. The van der Waals surface area contributed by atoms with Gasteiger partial charge in [-0.2, -0.15) is 0 Å². The molecule has 0 saturated carbocycles. The average molecular weight is 482 g/mol. The van der Waals surface area contributed by atoms with E-state index in [9.17, 15) is 14.3 Å². The molecule has 0 spiro atoms. The number of aliphatic hydroxyl groups is 1. The highest BCUT2D eigenvalue weighted by Crippen LogP contribution is 2.37. The number of carbonyl (C=O) groups is 1. The van der Waals surface area contributed by atoms with Crippen molar-refractivity contribution in [1.82, 2.24) is 15.2 Å². The van der Waals surface area contributed by atoms with Gasteiger partial charge in [0.15, 0.2) is 0 Å². The van der Waals surface area contributed by atoms with Gasteiger partial charge in [-0.25, -0.2) is 13.8 Å². The molecule has 35 heavy (non-hydrogen) atoms. The van der Waals surface area contributed by atoms with Gasteiger partial charge in [0, 0.05) is 31.6 Å². The van der Waals surface area contributed by atoms with Gasteiger partial charge in [-0.1, -0.05) is 42.5 Å². The fourth-order valence-corrected chi connectivity index (χ4v) is 5.00. The lowest BCUT2D eigenvalue weighted by molar-refractivity contribution is -0.0261. The first-order chi connectivity index (χ1) is 16.9. The zero-order valence-electron chi connectivity index (χ0n) is 19.4. The molecule has 2 aliphatic rings. The molecular weight excluding hydrogens is 452 g/mol. The maximum Gasteiger partial charge on any atom is 0.270 e. The van der Waals surface area contributed by atoms with Gasteiger partial charge < -0.3 is 15.2 Å². The van der Waals surface area contributed by atoms with E-state index in [2.05, 4.69) is 15.2 Å². The van der Waals surface area contributed by atoms with Crippen LogP contribution < -0.4 is 5.32 Å². The number of para-hydroxylation sites is 1. The molecule has 0 radical (unpaired) electrons. The van der Waals surface area contributed by atoms with Crippen LogP contribution in [0, 0.1) is 5.82 Å². The van der Waals surface area contributed by atoms with Gasteiger partial charge in [0.25, 0.3) is 5.91 Å². The SMILES string of the molecule is O=C(NC1CCOCC1O)c1cc(CN2CCC(F)(c3ccccc3)CC2)c2cccc(F)c2n1. The van der Waals surface area contributed by atoms with Gasteiger partial charge in [0.2, 0.25) is 0 Å². The molecule has 0 aliphatic carbocycles. The van der Waals surface area contributed by atoms with E-state index in [1.54, 1.807) is 18.2 Å². The predicted octanol–water partition coefficient (Wildman–Crippen LogP) is 3.71. The van der Waals surface area contributed by atoms with Crippen LogP contribution in [0.3, 0.4) is 0 Å². The number of pyridine rings is 1. The Morgan fingerprint density at radius 1 is 1.17 bits per heavy atom. The Kier molecular flexibility index (Phi) is 6.77. The number of hydrogen-bond donors (Lipinski definition) is 2. The normalized spacial score (nSPS) is 22.7. The minimum absolute atomic E-state index is 0.0948. The fourth-order valence-electron chi connectivity index (χ4n) is 5.00. The van der Waals surface area contributed by atoms with Crippen molar-refractivity contribution >= 4 is 16.8 Å². The van der Waals surface area contributed by atoms with Gasteiger partial charge in [0.05, 0.1) is 18.8 Å². The van der Waals surface area contributed by atoms with Gasteiger partial charge in [-0.15, -0.1) is 0 Å². The number of nitrogens with one attached hydrogen (secondary N) is 1. The molecule has 2 fully saturated rings. The number of aromatic nitrogens is 1. The monoisotopic (exact) mass is 481 g/mol. The standard InChI is InChI=1S/C27H29F2N3O3/c28-21-8-4-7-20-18(16-32-12-10-27(29,11-13-32)19-5-2-1-3-6-19)15-23(30-25(20)21)26(34)31-22-9-14-35-17-24(22)33/h1-8,15,22,24,33H,9-14,16-17H2,(H,31,34). The molecule has 184 valence electrons. The number of piperidine rings is 1. The third-order valence-corrected chi connectivity index (χ3v) is 7.09. The molecule has 5 rings (SSSR count). The zero-order chi connectivity index (χ0) is 24.4. The maximum absolute atomic E-state index is 15.6. The van der Waals surface area contributed by atoms with Crippen LogP contribution in [0.5, 0.6) is 0 Å². The van der Waals surface area contributed by atoms with Crippen LogP contribution >= 0.6 is 0 Å². The number of ether oxygens (including phenoxy) is 1. The molecule has 6 nitrogen and oxygen atoms in total. The number of amides is 1. The number of aliphatic hydroxyl groups excluding tert-OH is 1. The molecule has 2 saturated heterocycles. The van der Waals surface area contributed by atoms with Crippen molar-refractivity contribution in [2.45, 2.75) is 43.6 Å². The summed E-state index contributed by atoms with van der Waals surface area (Å²) in [7, 11) is 0. The summed E-state index contributed by atoms with van der Waals surface area (Å²) < 4.78 is 35.5. The average Bonchev–Trinajstić information content (AvgIpc) is 2.88. The van der Waals surface area contributed by atoms with Crippen LogP contribution in [-0.2, 0) is 17.0 Å². The Labute approximate surface area is 202 Å². The number of benzene rings is 2. The van der Waals surface area contributed by atoms with E-state index >= 15 is 4.39 Å². The highest BCUT2D eigenvalue weighted by molar-refractivity contribution is 5.96. The second-order valence-electron chi connectivity index (χ2n) is 9.42. The summed E-state index contributed by atoms with van der Waals surface area (Å²) in [4.78, 5) is 19.4. The highest BCUT2D eigenvalue weighted by atomic mass is 19.1. The molecule has 1 amide bonds. The number of alkyl halides is 1. The predicted molar refractivity (Wildman–Crippen MR) is 128 cm³/mol. The van der Waals surface area contributed by atoms with Crippen molar-refractivity contribution in [2.75, 3.05) is 26.3 Å². The van der Waals surface area contributed by atoms with Gasteiger partial charge in [0.1, 0.15) is 22.7 Å². The van der Waals surface area contributed by atoms with Crippen molar-refractivity contribution in [3.8, 4) is 0 Å². The topological polar surface area (TPSA) is 74.7 Å². The minimum atomic E-state index is -1.36. The quantitative estimate of drug-likeness (QED) is 0.581. The number of halogens is 2. The van der Waals surface area contributed by atoms with E-state index in [1.165, 1.54) is 6.07 Å². The third-order valence-electron chi connectivity index (χ3n) is 7.09. The largest absolute Gasteiger partial charge is 0.389 e. The summed E-state index contributed by atoms with van der Waals surface area (Å²) in [6.07, 6.45) is 0.414. The first-order valence-corrected chi connectivity index (χ1v) is 12.0. The molecule has 1 aromatic heterocycles. The van der Waals surface area contributed by atoms with E-state index < -0.39 is 29.5 Å². The Bertz CT molecular complexity index is 1200. The van der Waals surface area contributed by atoms with Gasteiger partial charge in [-0.05, 0) is 42.5 Å². The van der Waals surface area contributed by atoms with Gasteiger partial charge in [-0.3, -0.25) is 9.69 Å². The summed E-state index contributed by atoms with van der Waals surface area (Å²) in [5, 5.41) is 13.6. The molecule has 3 heterocycles. The zero-order valence-corrected chi connectivity index (χ0v) is 19.4. The molecule has 2 aromatic carbocycles. The molecule has 2 aliphatic heterocycles. The fraction of sp³-hybridized carbons (Fsp3) is 0.407. The minimum Gasteiger partial charge on any atom is -0.389 e. The summed E-state index contributed by atoms with van der Waals surface area (Å²) in [5.41, 5.74) is 0.324. The summed E-state index contributed by atoms with van der Waals surface area (Å²) in [6.45, 7) is 2.14. The highest BCUT2D eigenvalue weighted by Gasteiger charge is 2.36. The van der Waals surface area contributed by atoms with Crippen molar-refractivity contribution < 1.29 is 23.4 Å². The number of fused-ring (bicyclic) bond motifs is 1. The van der Waals surface area contributed by atoms with Crippen LogP contribution in [0.15, 0.2) is 54.6 Å². The van der Waals surface area contributed by atoms with Crippen molar-refractivity contribution in [3.63, 3.8) is 0 Å². The van der Waals surface area contributed by atoms with E-state index in [-0.39, 0.29) is 17.8 Å². The first kappa shape index (κ1) is 23.8. The molecule has 0 bridgehead atoms.